The van der Waals surface area contributed by atoms with Crippen molar-refractivity contribution >= 4 is 17.5 Å². The molecule has 1 atom stereocenters. The van der Waals surface area contributed by atoms with E-state index in [0.29, 0.717) is 24.2 Å². The average Bonchev–Trinajstić information content (AvgIpc) is 2.93. The van der Waals surface area contributed by atoms with E-state index in [0.717, 1.165) is 42.6 Å². The molecular formula is C30H32F3N3O2. The molecule has 0 aromatic heterocycles. The van der Waals surface area contributed by atoms with Gasteiger partial charge in [0, 0.05) is 31.4 Å². The first-order chi connectivity index (χ1) is 18.3. The first-order valence-corrected chi connectivity index (χ1v) is 12.9. The highest BCUT2D eigenvalue weighted by molar-refractivity contribution is 5.99. The first-order valence-electron chi connectivity index (χ1n) is 12.9. The van der Waals surface area contributed by atoms with Crippen LogP contribution in [-0.2, 0) is 17.5 Å². The van der Waals surface area contributed by atoms with Gasteiger partial charge in [0.05, 0.1) is 17.0 Å². The Bertz CT molecular complexity index is 1240. The minimum absolute atomic E-state index is 0.00873. The highest BCUT2D eigenvalue weighted by atomic mass is 19.4. The Morgan fingerprint density at radius 2 is 1.63 bits per heavy atom. The van der Waals surface area contributed by atoms with E-state index in [9.17, 15) is 22.8 Å². The first kappa shape index (κ1) is 27.2. The largest absolute Gasteiger partial charge is 0.416 e. The number of anilines is 1. The highest BCUT2D eigenvalue weighted by Gasteiger charge is 2.30. The van der Waals surface area contributed by atoms with E-state index in [1.54, 1.807) is 18.2 Å². The summed E-state index contributed by atoms with van der Waals surface area (Å²) in [6, 6.07) is 22.0. The van der Waals surface area contributed by atoms with Crippen molar-refractivity contribution < 1.29 is 22.8 Å². The van der Waals surface area contributed by atoms with Crippen LogP contribution in [-0.4, -0.2) is 30.9 Å². The van der Waals surface area contributed by atoms with E-state index in [1.807, 2.05) is 49.4 Å². The molecule has 1 aliphatic rings. The van der Waals surface area contributed by atoms with Crippen LogP contribution < -0.4 is 15.5 Å². The molecule has 0 aliphatic carbocycles. The molecule has 1 saturated heterocycles. The van der Waals surface area contributed by atoms with Crippen LogP contribution in [0.1, 0.15) is 59.2 Å². The molecule has 1 fully saturated rings. The predicted octanol–water partition coefficient (Wildman–Crippen LogP) is 5.91. The van der Waals surface area contributed by atoms with Crippen molar-refractivity contribution in [1.29, 1.82) is 0 Å². The maximum absolute atomic E-state index is 13.0. The SMILES string of the molecule is CC[C@@H](C(=O)NC1CCN(c2ccccc2C(=O)NCc2cccc(C(F)(F)F)c2)CC1)c1ccccc1. The van der Waals surface area contributed by atoms with Gasteiger partial charge in [0.2, 0.25) is 5.91 Å². The van der Waals surface area contributed by atoms with E-state index < -0.39 is 11.7 Å². The molecular weight excluding hydrogens is 491 g/mol. The maximum Gasteiger partial charge on any atom is 0.416 e. The van der Waals surface area contributed by atoms with Crippen molar-refractivity contribution in [1.82, 2.24) is 10.6 Å². The summed E-state index contributed by atoms with van der Waals surface area (Å²) >= 11 is 0. The molecule has 3 aromatic carbocycles. The van der Waals surface area contributed by atoms with Crippen molar-refractivity contribution in [3.05, 3.63) is 101 Å². The van der Waals surface area contributed by atoms with Gasteiger partial charge in [-0.2, -0.15) is 13.2 Å². The Morgan fingerprint density at radius 3 is 2.32 bits per heavy atom. The number of piperidine rings is 1. The molecule has 1 heterocycles. The lowest BCUT2D eigenvalue weighted by Gasteiger charge is -2.35. The Morgan fingerprint density at radius 1 is 0.947 bits per heavy atom. The van der Waals surface area contributed by atoms with Gasteiger partial charge in [-0.05, 0) is 54.7 Å². The normalized spacial score (nSPS) is 15.1. The number of halogens is 3. The number of alkyl halides is 3. The summed E-state index contributed by atoms with van der Waals surface area (Å²) in [7, 11) is 0. The summed E-state index contributed by atoms with van der Waals surface area (Å²) in [6.45, 7) is 3.34. The van der Waals surface area contributed by atoms with Crippen molar-refractivity contribution in [2.45, 2.75) is 50.9 Å². The molecule has 0 spiro atoms. The molecule has 1 aliphatic heterocycles. The number of para-hydroxylation sites is 1. The van der Waals surface area contributed by atoms with Gasteiger partial charge in [0.25, 0.3) is 5.91 Å². The van der Waals surface area contributed by atoms with Gasteiger partial charge in [-0.25, -0.2) is 0 Å². The van der Waals surface area contributed by atoms with Crippen molar-refractivity contribution in [3.8, 4) is 0 Å². The zero-order valence-electron chi connectivity index (χ0n) is 21.3. The third-order valence-corrected chi connectivity index (χ3v) is 6.96. The zero-order valence-corrected chi connectivity index (χ0v) is 21.3. The van der Waals surface area contributed by atoms with Crippen LogP contribution in [0.4, 0.5) is 18.9 Å². The summed E-state index contributed by atoms with van der Waals surface area (Å²) in [5.74, 6) is -0.496. The summed E-state index contributed by atoms with van der Waals surface area (Å²) in [5.41, 5.74) is 1.89. The Kier molecular flexibility index (Phi) is 8.71. The molecule has 0 radical (unpaired) electrons. The number of nitrogens with zero attached hydrogens (tertiary/aromatic N) is 1. The Balaban J connectivity index is 1.35. The van der Waals surface area contributed by atoms with E-state index in [-0.39, 0.29) is 30.3 Å². The van der Waals surface area contributed by atoms with Gasteiger partial charge in [0.1, 0.15) is 0 Å². The fourth-order valence-corrected chi connectivity index (χ4v) is 4.90. The number of benzene rings is 3. The topological polar surface area (TPSA) is 61.4 Å². The van der Waals surface area contributed by atoms with Crippen molar-refractivity contribution in [2.24, 2.45) is 0 Å². The van der Waals surface area contributed by atoms with Gasteiger partial charge in [-0.1, -0.05) is 61.5 Å². The predicted molar refractivity (Wildman–Crippen MR) is 142 cm³/mol. The molecule has 200 valence electrons. The molecule has 38 heavy (non-hydrogen) atoms. The minimum Gasteiger partial charge on any atom is -0.371 e. The van der Waals surface area contributed by atoms with Crippen LogP contribution >= 0.6 is 0 Å². The summed E-state index contributed by atoms with van der Waals surface area (Å²) < 4.78 is 39.0. The Labute approximate surface area is 221 Å². The summed E-state index contributed by atoms with van der Waals surface area (Å²) in [5, 5.41) is 5.96. The second-order valence-electron chi connectivity index (χ2n) is 9.54. The van der Waals surface area contributed by atoms with Crippen LogP contribution in [0.2, 0.25) is 0 Å². The van der Waals surface area contributed by atoms with Gasteiger partial charge in [-0.15, -0.1) is 0 Å². The van der Waals surface area contributed by atoms with E-state index in [2.05, 4.69) is 15.5 Å². The Hall–Kier alpha value is -3.81. The quantitative estimate of drug-likeness (QED) is 0.386. The molecule has 0 unspecified atom stereocenters. The smallest absolute Gasteiger partial charge is 0.371 e. The van der Waals surface area contributed by atoms with E-state index in [1.165, 1.54) is 6.07 Å². The van der Waals surface area contributed by atoms with Crippen molar-refractivity contribution in [2.75, 3.05) is 18.0 Å². The minimum atomic E-state index is -4.43. The summed E-state index contributed by atoms with van der Waals surface area (Å²) in [6.07, 6.45) is -2.22. The number of hydrogen-bond donors (Lipinski definition) is 2. The summed E-state index contributed by atoms with van der Waals surface area (Å²) in [4.78, 5) is 28.1. The van der Waals surface area contributed by atoms with Gasteiger partial charge in [0.15, 0.2) is 0 Å². The molecule has 2 amide bonds. The van der Waals surface area contributed by atoms with Crippen LogP contribution in [0.3, 0.4) is 0 Å². The van der Waals surface area contributed by atoms with E-state index in [4.69, 9.17) is 0 Å². The third kappa shape index (κ3) is 6.73. The number of carbonyl (C=O) groups excluding carboxylic acids is 2. The van der Waals surface area contributed by atoms with E-state index >= 15 is 0 Å². The lowest BCUT2D eigenvalue weighted by Crippen LogP contribution is -2.46. The fourth-order valence-electron chi connectivity index (χ4n) is 4.90. The number of hydrogen-bond acceptors (Lipinski definition) is 3. The van der Waals surface area contributed by atoms with Crippen molar-refractivity contribution in [3.63, 3.8) is 0 Å². The highest BCUT2D eigenvalue weighted by Crippen LogP contribution is 2.30. The third-order valence-electron chi connectivity index (χ3n) is 6.96. The van der Waals surface area contributed by atoms with Gasteiger partial charge < -0.3 is 15.5 Å². The lowest BCUT2D eigenvalue weighted by molar-refractivity contribution is -0.137. The molecule has 8 heteroatoms. The number of carbonyl (C=O) groups is 2. The molecule has 5 nitrogen and oxygen atoms in total. The molecule has 2 N–H and O–H groups in total. The van der Waals surface area contributed by atoms with Crippen LogP contribution in [0.5, 0.6) is 0 Å². The zero-order chi connectivity index (χ0) is 27.1. The number of amides is 2. The van der Waals surface area contributed by atoms with Gasteiger partial charge >= 0.3 is 6.18 Å². The monoisotopic (exact) mass is 523 g/mol. The van der Waals surface area contributed by atoms with Crippen LogP contribution in [0, 0.1) is 0 Å². The second kappa shape index (κ2) is 12.2. The maximum atomic E-state index is 13.0. The molecule has 0 bridgehead atoms. The lowest BCUT2D eigenvalue weighted by atomic mass is 9.94. The molecule has 0 saturated carbocycles. The van der Waals surface area contributed by atoms with Crippen LogP contribution in [0.15, 0.2) is 78.9 Å². The standard InChI is InChI=1S/C30H32F3N3O2/c1-2-25(22-10-4-3-5-11-22)29(38)35-24-15-17-36(18-16-24)27-14-7-6-13-26(27)28(37)34-20-21-9-8-12-23(19-21)30(31,32)33/h3-14,19,24-25H,2,15-18,20H2,1H3,(H,34,37)(H,35,38)/t25-/m1/s1. The van der Waals surface area contributed by atoms with Crippen LogP contribution in [0.25, 0.3) is 0 Å². The van der Waals surface area contributed by atoms with Gasteiger partial charge in [-0.3, -0.25) is 9.59 Å². The molecule has 4 rings (SSSR count). The fraction of sp³-hybridized carbons (Fsp3) is 0.333. The average molecular weight is 524 g/mol. The number of rotatable bonds is 8. The number of nitrogens with one attached hydrogen (secondary N) is 2. The second-order valence-corrected chi connectivity index (χ2v) is 9.54. The molecule has 3 aromatic rings.